The van der Waals surface area contributed by atoms with E-state index in [0.29, 0.717) is 12.1 Å². The van der Waals surface area contributed by atoms with Gasteiger partial charge in [0.15, 0.2) is 6.10 Å². The van der Waals surface area contributed by atoms with Gasteiger partial charge in [-0.05, 0) is 18.2 Å². The number of benzene rings is 1. The molecule has 1 rings (SSSR count). The number of rotatable bonds is 2. The number of aliphatic hydroxyl groups is 1. The fourth-order valence-corrected chi connectivity index (χ4v) is 1.14. The van der Waals surface area contributed by atoms with Crippen molar-refractivity contribution in [1.82, 2.24) is 0 Å². The number of aliphatic hydroxyl groups excluding tert-OH is 1. The summed E-state index contributed by atoms with van der Waals surface area (Å²) in [7, 11) is 0. The van der Waals surface area contributed by atoms with Crippen molar-refractivity contribution in [2.45, 2.75) is 18.3 Å². The second-order valence-electron chi connectivity index (χ2n) is 3.18. The van der Waals surface area contributed by atoms with Gasteiger partial charge in [-0.25, -0.2) is 8.78 Å². The Labute approximate surface area is 87.5 Å². The lowest BCUT2D eigenvalue weighted by atomic mass is 10.0. The van der Waals surface area contributed by atoms with Crippen molar-refractivity contribution in [2.24, 2.45) is 5.73 Å². The second-order valence-corrected chi connectivity index (χ2v) is 3.18. The Morgan fingerprint density at radius 3 is 2.25 bits per heavy atom. The molecular weight excluding hydrogens is 233 g/mol. The summed E-state index contributed by atoms with van der Waals surface area (Å²) in [6.45, 7) is 0. The summed E-state index contributed by atoms with van der Waals surface area (Å²) in [4.78, 5) is 0. The van der Waals surface area contributed by atoms with Crippen molar-refractivity contribution in [2.75, 3.05) is 0 Å². The second kappa shape index (κ2) is 4.34. The van der Waals surface area contributed by atoms with E-state index in [1.165, 1.54) is 0 Å². The van der Waals surface area contributed by atoms with Gasteiger partial charge in [-0.2, -0.15) is 13.2 Å². The molecule has 0 unspecified atom stereocenters. The highest BCUT2D eigenvalue weighted by Crippen LogP contribution is 2.29. The average Bonchev–Trinajstić information content (AvgIpc) is 2.18. The molecule has 16 heavy (non-hydrogen) atoms. The summed E-state index contributed by atoms with van der Waals surface area (Å²) in [6, 6.07) is -0.149. The Morgan fingerprint density at radius 1 is 1.19 bits per heavy atom. The molecule has 1 aromatic rings. The minimum Gasteiger partial charge on any atom is -0.382 e. The SMILES string of the molecule is N[C@@H](c1cc(F)ccc1F)[C@H](O)C(F)(F)F. The third kappa shape index (κ3) is 2.67. The van der Waals surface area contributed by atoms with E-state index >= 15 is 0 Å². The molecule has 3 N–H and O–H groups in total. The Bertz CT molecular complexity index is 379. The molecule has 7 heteroatoms. The highest BCUT2D eigenvalue weighted by molar-refractivity contribution is 5.23. The monoisotopic (exact) mass is 241 g/mol. The Kier molecular flexibility index (Phi) is 3.49. The number of alkyl halides is 3. The fraction of sp³-hybridized carbons (Fsp3) is 0.333. The molecule has 0 saturated heterocycles. The molecule has 0 amide bonds. The van der Waals surface area contributed by atoms with E-state index in [2.05, 4.69) is 0 Å². The van der Waals surface area contributed by atoms with Crippen LogP contribution in [0.3, 0.4) is 0 Å². The predicted molar refractivity (Wildman–Crippen MR) is 45.3 cm³/mol. The van der Waals surface area contributed by atoms with Gasteiger partial charge in [-0.3, -0.25) is 0 Å². The van der Waals surface area contributed by atoms with Gasteiger partial charge in [-0.1, -0.05) is 0 Å². The lowest BCUT2D eigenvalue weighted by Crippen LogP contribution is -2.39. The molecule has 0 fully saturated rings. The van der Waals surface area contributed by atoms with Crippen LogP contribution < -0.4 is 5.73 Å². The average molecular weight is 241 g/mol. The molecule has 0 radical (unpaired) electrons. The van der Waals surface area contributed by atoms with Crippen LogP contribution in [0.4, 0.5) is 22.0 Å². The lowest BCUT2D eigenvalue weighted by Gasteiger charge is -2.21. The zero-order valence-electron chi connectivity index (χ0n) is 7.80. The van der Waals surface area contributed by atoms with Crippen LogP contribution in [0.15, 0.2) is 18.2 Å². The first-order valence-electron chi connectivity index (χ1n) is 4.19. The van der Waals surface area contributed by atoms with Gasteiger partial charge >= 0.3 is 6.18 Å². The normalized spacial score (nSPS) is 15.9. The first-order chi connectivity index (χ1) is 7.23. The van der Waals surface area contributed by atoms with E-state index in [0.717, 1.165) is 6.07 Å². The largest absolute Gasteiger partial charge is 0.416 e. The maximum atomic E-state index is 13.0. The van der Waals surface area contributed by atoms with E-state index in [1.807, 2.05) is 0 Å². The highest BCUT2D eigenvalue weighted by Gasteiger charge is 2.43. The minimum atomic E-state index is -4.99. The van der Waals surface area contributed by atoms with Gasteiger partial charge in [0.2, 0.25) is 0 Å². The molecule has 1 aromatic carbocycles. The smallest absolute Gasteiger partial charge is 0.382 e. The fourth-order valence-electron chi connectivity index (χ4n) is 1.14. The molecule has 0 aliphatic carbocycles. The summed E-state index contributed by atoms with van der Waals surface area (Å²) in [5.74, 6) is -2.03. The zero-order valence-corrected chi connectivity index (χ0v) is 7.80. The van der Waals surface area contributed by atoms with Crippen molar-refractivity contribution >= 4 is 0 Å². The van der Waals surface area contributed by atoms with Crippen molar-refractivity contribution in [3.8, 4) is 0 Å². The summed E-state index contributed by atoms with van der Waals surface area (Å²) >= 11 is 0. The van der Waals surface area contributed by atoms with E-state index in [9.17, 15) is 22.0 Å². The van der Waals surface area contributed by atoms with Crippen LogP contribution in [0.5, 0.6) is 0 Å². The molecular formula is C9H8F5NO. The molecule has 0 bridgehead atoms. The third-order valence-corrected chi connectivity index (χ3v) is 1.99. The molecule has 0 spiro atoms. The molecule has 2 atom stereocenters. The standard InChI is InChI=1S/C9H8F5NO/c10-4-1-2-6(11)5(3-4)7(15)8(16)9(12,13)14/h1-3,7-8,16H,15H2/t7-,8-/m0/s1. The molecule has 90 valence electrons. The predicted octanol–water partition coefficient (Wildman–Crippen LogP) is 1.89. The third-order valence-electron chi connectivity index (χ3n) is 1.99. The molecule has 0 aliphatic heterocycles. The molecule has 2 nitrogen and oxygen atoms in total. The number of hydrogen-bond donors (Lipinski definition) is 2. The minimum absolute atomic E-state index is 0.523. The quantitative estimate of drug-likeness (QED) is 0.776. The molecule has 0 aromatic heterocycles. The topological polar surface area (TPSA) is 46.2 Å². The number of halogens is 5. The first-order valence-corrected chi connectivity index (χ1v) is 4.19. The number of nitrogens with two attached hydrogens (primary N) is 1. The summed E-state index contributed by atoms with van der Waals surface area (Å²) < 4.78 is 61.9. The van der Waals surface area contributed by atoms with Crippen LogP contribution in [0.2, 0.25) is 0 Å². The lowest BCUT2D eigenvalue weighted by molar-refractivity contribution is -0.210. The molecule has 0 aliphatic rings. The Hall–Kier alpha value is -1.21. The molecule has 0 saturated carbocycles. The van der Waals surface area contributed by atoms with E-state index in [-0.39, 0.29) is 0 Å². The van der Waals surface area contributed by atoms with Crippen molar-refractivity contribution in [3.05, 3.63) is 35.4 Å². The van der Waals surface area contributed by atoms with E-state index < -0.39 is 35.5 Å². The maximum absolute atomic E-state index is 13.0. The van der Waals surface area contributed by atoms with E-state index in [1.54, 1.807) is 0 Å². The van der Waals surface area contributed by atoms with Gasteiger partial charge in [-0.15, -0.1) is 0 Å². The maximum Gasteiger partial charge on any atom is 0.416 e. The van der Waals surface area contributed by atoms with Gasteiger partial charge in [0.05, 0.1) is 6.04 Å². The van der Waals surface area contributed by atoms with Crippen LogP contribution in [-0.2, 0) is 0 Å². The van der Waals surface area contributed by atoms with Gasteiger partial charge in [0.25, 0.3) is 0 Å². The van der Waals surface area contributed by atoms with Crippen LogP contribution in [0.25, 0.3) is 0 Å². The van der Waals surface area contributed by atoms with Crippen molar-refractivity contribution in [3.63, 3.8) is 0 Å². The van der Waals surface area contributed by atoms with Gasteiger partial charge < -0.3 is 10.8 Å². The summed E-state index contributed by atoms with van der Waals surface area (Å²) in [6.07, 6.45) is -7.93. The Morgan fingerprint density at radius 2 is 1.75 bits per heavy atom. The van der Waals surface area contributed by atoms with Gasteiger partial charge in [0, 0.05) is 5.56 Å². The van der Waals surface area contributed by atoms with E-state index in [4.69, 9.17) is 10.8 Å². The highest BCUT2D eigenvalue weighted by atomic mass is 19.4. The van der Waals surface area contributed by atoms with Gasteiger partial charge in [0.1, 0.15) is 11.6 Å². The molecule has 0 heterocycles. The van der Waals surface area contributed by atoms with Crippen molar-refractivity contribution in [1.29, 1.82) is 0 Å². The Balaban J connectivity index is 3.05. The van der Waals surface area contributed by atoms with Crippen LogP contribution in [0, 0.1) is 11.6 Å². The van der Waals surface area contributed by atoms with Crippen LogP contribution in [0.1, 0.15) is 11.6 Å². The summed E-state index contributed by atoms with van der Waals surface area (Å²) in [5.41, 5.74) is 4.30. The zero-order chi connectivity index (χ0) is 12.5. The first kappa shape index (κ1) is 12.9. The van der Waals surface area contributed by atoms with Crippen LogP contribution in [-0.4, -0.2) is 17.4 Å². The summed E-state index contributed by atoms with van der Waals surface area (Å²) in [5, 5.41) is 8.78. The van der Waals surface area contributed by atoms with Crippen LogP contribution >= 0.6 is 0 Å². The number of hydrogen-bond acceptors (Lipinski definition) is 2. The van der Waals surface area contributed by atoms with Crippen molar-refractivity contribution < 1.29 is 27.1 Å².